The fourth-order valence-corrected chi connectivity index (χ4v) is 3.31. The average molecular weight is 351 g/mol. The van der Waals surface area contributed by atoms with Crippen molar-refractivity contribution in [3.8, 4) is 6.07 Å². The number of aliphatic carboxylic acids is 1. The fourth-order valence-electron chi connectivity index (χ4n) is 2.36. The first-order valence-corrected chi connectivity index (χ1v) is 8.40. The lowest BCUT2D eigenvalue weighted by molar-refractivity contribution is -0.137. The zero-order valence-corrected chi connectivity index (χ0v) is 13.9. The van der Waals surface area contributed by atoms with Crippen LogP contribution in [0.15, 0.2) is 58.5 Å². The standard InChI is InChI=1S/C18H13N3O3S/c19-9-12-5-7-13(8-6-12)11-25-18-20-15-4-2-1-3-14(15)17(24)21(18)10-16(22)23/h1-8H,10-11H2,(H,22,23). The van der Waals surface area contributed by atoms with Gasteiger partial charge in [-0.2, -0.15) is 5.26 Å². The molecule has 7 heteroatoms. The van der Waals surface area contributed by atoms with Gasteiger partial charge in [-0.15, -0.1) is 0 Å². The van der Waals surface area contributed by atoms with Gasteiger partial charge < -0.3 is 5.11 Å². The largest absolute Gasteiger partial charge is 0.480 e. The van der Waals surface area contributed by atoms with Crippen LogP contribution in [0, 0.1) is 11.3 Å². The van der Waals surface area contributed by atoms with Crippen molar-refractivity contribution >= 4 is 28.6 Å². The number of aromatic nitrogens is 2. The minimum absolute atomic E-state index is 0.357. The van der Waals surface area contributed by atoms with E-state index in [1.54, 1.807) is 36.4 Å². The monoisotopic (exact) mass is 351 g/mol. The molecule has 25 heavy (non-hydrogen) atoms. The Labute approximate surface area is 147 Å². The number of nitriles is 1. The summed E-state index contributed by atoms with van der Waals surface area (Å²) in [6.07, 6.45) is 0. The molecule has 0 spiro atoms. The van der Waals surface area contributed by atoms with Crippen LogP contribution in [0.1, 0.15) is 11.1 Å². The molecule has 0 aliphatic rings. The predicted octanol–water partition coefficient (Wildman–Crippen LogP) is 2.65. The van der Waals surface area contributed by atoms with Gasteiger partial charge in [-0.05, 0) is 29.8 Å². The van der Waals surface area contributed by atoms with Crippen LogP contribution in [0.3, 0.4) is 0 Å². The molecule has 0 saturated carbocycles. The molecule has 3 rings (SSSR count). The molecule has 0 aliphatic carbocycles. The Bertz CT molecular complexity index is 1040. The van der Waals surface area contributed by atoms with E-state index in [4.69, 9.17) is 10.4 Å². The molecule has 1 heterocycles. The van der Waals surface area contributed by atoms with Crippen molar-refractivity contribution in [3.63, 3.8) is 0 Å². The van der Waals surface area contributed by atoms with Gasteiger partial charge in [0.05, 0.1) is 22.5 Å². The Hall–Kier alpha value is -3.11. The second-order valence-corrected chi connectivity index (χ2v) is 6.24. The highest BCUT2D eigenvalue weighted by atomic mass is 32.2. The van der Waals surface area contributed by atoms with E-state index in [1.165, 1.54) is 16.3 Å². The first-order chi connectivity index (χ1) is 12.1. The lowest BCUT2D eigenvalue weighted by Gasteiger charge is -2.11. The van der Waals surface area contributed by atoms with Crippen LogP contribution in [0.25, 0.3) is 10.9 Å². The Balaban J connectivity index is 1.97. The van der Waals surface area contributed by atoms with Crippen molar-refractivity contribution in [1.82, 2.24) is 9.55 Å². The minimum Gasteiger partial charge on any atom is -0.480 e. The van der Waals surface area contributed by atoms with Crippen molar-refractivity contribution in [3.05, 3.63) is 70.0 Å². The third kappa shape index (κ3) is 3.70. The topological polar surface area (TPSA) is 96.0 Å². The molecule has 0 fully saturated rings. The number of hydrogen-bond acceptors (Lipinski definition) is 5. The van der Waals surface area contributed by atoms with Crippen LogP contribution in [-0.2, 0) is 17.1 Å². The van der Waals surface area contributed by atoms with Gasteiger partial charge in [0.25, 0.3) is 5.56 Å². The van der Waals surface area contributed by atoms with E-state index in [2.05, 4.69) is 11.1 Å². The van der Waals surface area contributed by atoms with E-state index in [0.29, 0.717) is 27.4 Å². The summed E-state index contributed by atoms with van der Waals surface area (Å²) in [5.41, 5.74) is 1.69. The first-order valence-electron chi connectivity index (χ1n) is 7.41. The van der Waals surface area contributed by atoms with Gasteiger partial charge in [-0.25, -0.2) is 4.98 Å². The SMILES string of the molecule is N#Cc1ccc(CSc2nc3ccccc3c(=O)n2CC(=O)O)cc1. The van der Waals surface area contributed by atoms with Gasteiger partial charge >= 0.3 is 5.97 Å². The summed E-state index contributed by atoms with van der Waals surface area (Å²) in [6, 6.07) is 16.0. The quantitative estimate of drug-likeness (QED) is 0.561. The summed E-state index contributed by atoms with van der Waals surface area (Å²) in [4.78, 5) is 28.2. The lowest BCUT2D eigenvalue weighted by Crippen LogP contribution is -2.26. The number of hydrogen-bond donors (Lipinski definition) is 1. The smallest absolute Gasteiger partial charge is 0.323 e. The Morgan fingerprint density at radius 2 is 1.92 bits per heavy atom. The molecule has 6 nitrogen and oxygen atoms in total. The molecule has 0 bridgehead atoms. The van der Waals surface area contributed by atoms with Gasteiger partial charge in [-0.1, -0.05) is 36.0 Å². The Kier molecular flexibility index (Phi) is 4.82. The normalized spacial score (nSPS) is 10.5. The van der Waals surface area contributed by atoms with Gasteiger partial charge in [0, 0.05) is 5.75 Å². The number of benzene rings is 2. The number of carboxylic acids is 1. The third-order valence-electron chi connectivity index (χ3n) is 3.57. The van der Waals surface area contributed by atoms with Gasteiger partial charge in [-0.3, -0.25) is 14.2 Å². The second-order valence-electron chi connectivity index (χ2n) is 5.29. The molecule has 2 aromatic carbocycles. The molecule has 0 aliphatic heterocycles. The minimum atomic E-state index is -1.10. The van der Waals surface area contributed by atoms with Crippen molar-refractivity contribution in [2.24, 2.45) is 0 Å². The number of thioether (sulfide) groups is 1. The predicted molar refractivity (Wildman–Crippen MR) is 94.4 cm³/mol. The van der Waals surface area contributed by atoms with Crippen LogP contribution in [0.4, 0.5) is 0 Å². The van der Waals surface area contributed by atoms with E-state index >= 15 is 0 Å². The third-order valence-corrected chi connectivity index (χ3v) is 4.62. The van der Waals surface area contributed by atoms with Crippen molar-refractivity contribution in [2.45, 2.75) is 17.5 Å². The average Bonchev–Trinajstić information content (AvgIpc) is 2.63. The highest BCUT2D eigenvalue weighted by molar-refractivity contribution is 7.98. The molecular formula is C18H13N3O3S. The summed E-state index contributed by atoms with van der Waals surface area (Å²) >= 11 is 1.29. The first kappa shape index (κ1) is 16.7. The molecule has 3 aromatic rings. The van der Waals surface area contributed by atoms with Crippen LogP contribution in [0.2, 0.25) is 0 Å². The van der Waals surface area contributed by atoms with Gasteiger partial charge in [0.2, 0.25) is 0 Å². The molecule has 0 unspecified atom stereocenters. The molecule has 0 radical (unpaired) electrons. The van der Waals surface area contributed by atoms with E-state index in [0.717, 1.165) is 5.56 Å². The van der Waals surface area contributed by atoms with Gasteiger partial charge in [0.1, 0.15) is 6.54 Å². The van der Waals surface area contributed by atoms with Crippen molar-refractivity contribution in [1.29, 1.82) is 5.26 Å². The maximum absolute atomic E-state index is 12.6. The van der Waals surface area contributed by atoms with Crippen molar-refractivity contribution in [2.75, 3.05) is 0 Å². The molecule has 0 saturated heterocycles. The van der Waals surface area contributed by atoms with Crippen LogP contribution in [-0.4, -0.2) is 20.6 Å². The Morgan fingerprint density at radius 1 is 1.20 bits per heavy atom. The highest BCUT2D eigenvalue weighted by Gasteiger charge is 2.14. The summed E-state index contributed by atoms with van der Waals surface area (Å²) in [7, 11) is 0. The summed E-state index contributed by atoms with van der Waals surface area (Å²) in [5.74, 6) is -0.588. The van der Waals surface area contributed by atoms with Crippen molar-refractivity contribution < 1.29 is 9.90 Å². The zero-order chi connectivity index (χ0) is 17.8. The van der Waals surface area contributed by atoms with E-state index in [-0.39, 0.29) is 5.56 Å². The van der Waals surface area contributed by atoms with Crippen LogP contribution >= 0.6 is 11.8 Å². The number of rotatable bonds is 5. The summed E-state index contributed by atoms with van der Waals surface area (Å²) in [5, 5.41) is 18.7. The second kappa shape index (κ2) is 7.20. The maximum Gasteiger partial charge on any atom is 0.323 e. The fraction of sp³-hybridized carbons (Fsp3) is 0.111. The highest BCUT2D eigenvalue weighted by Crippen LogP contribution is 2.22. The van der Waals surface area contributed by atoms with Gasteiger partial charge in [0.15, 0.2) is 5.16 Å². The molecule has 124 valence electrons. The van der Waals surface area contributed by atoms with E-state index in [9.17, 15) is 9.59 Å². The number of nitrogens with zero attached hydrogens (tertiary/aromatic N) is 3. The number of para-hydroxylation sites is 1. The molecular weight excluding hydrogens is 338 g/mol. The molecule has 0 atom stereocenters. The summed E-state index contributed by atoms with van der Waals surface area (Å²) < 4.78 is 1.18. The number of fused-ring (bicyclic) bond motifs is 1. The number of carboxylic acid groups (broad SMARTS) is 1. The van der Waals surface area contributed by atoms with Crippen LogP contribution < -0.4 is 5.56 Å². The molecule has 1 N–H and O–H groups in total. The summed E-state index contributed by atoms with van der Waals surface area (Å²) in [6.45, 7) is -0.438. The van der Waals surface area contributed by atoms with E-state index in [1.807, 2.05) is 12.1 Å². The Morgan fingerprint density at radius 3 is 2.60 bits per heavy atom. The lowest BCUT2D eigenvalue weighted by atomic mass is 10.2. The maximum atomic E-state index is 12.6. The van der Waals surface area contributed by atoms with Crippen LogP contribution in [0.5, 0.6) is 0 Å². The molecule has 1 aromatic heterocycles. The zero-order valence-electron chi connectivity index (χ0n) is 13.0. The molecule has 0 amide bonds. The van der Waals surface area contributed by atoms with E-state index < -0.39 is 12.5 Å². The number of carbonyl (C=O) groups is 1.